The smallest absolute Gasteiger partial charge is 0.500 e. The van der Waals surface area contributed by atoms with E-state index in [0.29, 0.717) is 26.4 Å². The zero-order chi connectivity index (χ0) is 34.4. The van der Waals surface area contributed by atoms with Gasteiger partial charge in [0.15, 0.2) is 11.1 Å². The van der Waals surface area contributed by atoms with Gasteiger partial charge in [-0.05, 0) is 103 Å². The van der Waals surface area contributed by atoms with Crippen molar-refractivity contribution in [2.75, 3.05) is 26.4 Å². The van der Waals surface area contributed by atoms with Crippen molar-refractivity contribution in [1.29, 1.82) is 0 Å². The average Bonchev–Trinajstić information content (AvgIpc) is 3.07. The summed E-state index contributed by atoms with van der Waals surface area (Å²) in [4.78, 5) is 0. The van der Waals surface area contributed by atoms with E-state index in [1.54, 1.807) is 6.07 Å². The van der Waals surface area contributed by atoms with Crippen LogP contribution < -0.4 is 42.9 Å². The Kier molecular flexibility index (Phi) is 17.0. The molecule has 0 saturated carbocycles. The highest BCUT2D eigenvalue weighted by Gasteiger charge is 2.50. The van der Waals surface area contributed by atoms with Crippen molar-refractivity contribution in [2.45, 2.75) is 86.1 Å². The predicted molar refractivity (Wildman–Crippen MR) is 206 cm³/mol. The maximum atomic E-state index is 11.0. The van der Waals surface area contributed by atoms with E-state index in [9.17, 15) is 5.11 Å². The number of hydrogen-bond acceptors (Lipinski definition) is 5. The molecule has 0 aliphatic rings. The van der Waals surface area contributed by atoms with Gasteiger partial charge in [0.05, 0.1) is 6.61 Å². The van der Waals surface area contributed by atoms with E-state index in [2.05, 4.69) is 93.6 Å². The van der Waals surface area contributed by atoms with Crippen LogP contribution in [0.4, 0.5) is 0 Å². The van der Waals surface area contributed by atoms with Crippen LogP contribution in [0, 0.1) is 20.8 Å². The number of aromatic hydroxyl groups is 1. The lowest BCUT2D eigenvalue weighted by atomic mass is 10.1. The van der Waals surface area contributed by atoms with Crippen LogP contribution in [0.3, 0.4) is 0 Å². The first kappa shape index (κ1) is 40.9. The molecule has 4 aromatic rings. The van der Waals surface area contributed by atoms with Crippen molar-refractivity contribution in [1.82, 2.24) is 0 Å². The van der Waals surface area contributed by atoms with Crippen molar-refractivity contribution in [3.63, 3.8) is 0 Å². The molecule has 5 nitrogen and oxygen atoms in total. The number of hydrogen-bond donors (Lipinski definition) is 1. The van der Waals surface area contributed by atoms with Crippen molar-refractivity contribution >= 4 is 37.3 Å². The summed E-state index contributed by atoms with van der Waals surface area (Å²) < 4.78 is 24.7. The molecule has 0 aromatic heterocycles. The van der Waals surface area contributed by atoms with E-state index < -0.39 is 16.1 Å². The molecular formula is C41H56BrO5PSi. The number of aryl methyl sites for hydroxylation is 3. The highest BCUT2D eigenvalue weighted by molar-refractivity contribution is 8.01. The predicted octanol–water partition coefficient (Wildman–Crippen LogP) is 5.71. The molecule has 0 bridgehead atoms. The van der Waals surface area contributed by atoms with Crippen LogP contribution in [-0.4, -0.2) is 40.3 Å². The third-order valence-electron chi connectivity index (χ3n) is 8.80. The molecular weight excluding hydrogens is 711 g/mol. The minimum Gasteiger partial charge on any atom is -1.00 e. The molecule has 0 unspecified atom stereocenters. The summed E-state index contributed by atoms with van der Waals surface area (Å²) in [5, 5.41) is 15.7. The molecule has 0 atom stereocenters. The Morgan fingerprint density at radius 2 is 0.959 bits per heavy atom. The largest absolute Gasteiger partial charge is 1.00 e. The fourth-order valence-corrected chi connectivity index (χ4v) is 13.4. The van der Waals surface area contributed by atoms with Crippen molar-refractivity contribution < 1.29 is 40.1 Å². The lowest BCUT2D eigenvalue weighted by Gasteiger charge is -2.29. The minimum atomic E-state index is -2.56. The number of ether oxygens (including phenoxy) is 1. The summed E-state index contributed by atoms with van der Waals surface area (Å²) in [6, 6.07) is 33.3. The lowest BCUT2D eigenvalue weighted by molar-refractivity contribution is -0.0000225. The van der Waals surface area contributed by atoms with Gasteiger partial charge in [0.1, 0.15) is 28.9 Å². The first-order valence-corrected chi connectivity index (χ1v) is 21.5. The van der Waals surface area contributed by atoms with Crippen molar-refractivity contribution in [2.24, 2.45) is 0 Å². The van der Waals surface area contributed by atoms with Crippen LogP contribution in [0.2, 0.25) is 6.04 Å². The van der Waals surface area contributed by atoms with E-state index in [0.717, 1.165) is 49.2 Å². The number of unbranched alkanes of at least 4 members (excludes halogenated alkanes) is 5. The van der Waals surface area contributed by atoms with Gasteiger partial charge in [0, 0.05) is 31.9 Å². The fourth-order valence-electron chi connectivity index (χ4n) is 6.39. The summed E-state index contributed by atoms with van der Waals surface area (Å²) in [7, 11) is -5.00. The Labute approximate surface area is 307 Å². The number of rotatable bonds is 20. The third-order valence-corrected chi connectivity index (χ3v) is 16.2. The zero-order valence-electron chi connectivity index (χ0n) is 30.3. The fraction of sp³-hybridized carbons (Fsp3) is 0.415. The number of phenolic OH excluding ortho intramolecular Hbond substituents is 1. The summed E-state index contributed by atoms with van der Waals surface area (Å²) >= 11 is 0. The van der Waals surface area contributed by atoms with Gasteiger partial charge in [0.2, 0.25) is 0 Å². The van der Waals surface area contributed by atoms with E-state index >= 15 is 0 Å². The molecule has 0 heterocycles. The molecule has 0 saturated heterocycles. The molecule has 8 heteroatoms. The molecule has 0 fully saturated rings. The first-order chi connectivity index (χ1) is 23.3. The Bertz CT molecular complexity index is 1400. The molecule has 49 heavy (non-hydrogen) atoms. The quantitative estimate of drug-likeness (QED) is 0.0711. The first-order valence-electron chi connectivity index (χ1n) is 17.8. The molecule has 4 rings (SSSR count). The summed E-state index contributed by atoms with van der Waals surface area (Å²) in [6.07, 6.45) is 6.60. The number of halogens is 1. The SMILES string of the molecule is CCO[Si](CCCCCCCCOc1ccc(O)cc1[P+](c1ccc(C)cc1)(c1ccc(C)cc1)c1ccc(C)cc1)(OCC)OCC.[Br-]. The maximum Gasteiger partial charge on any atom is 0.500 e. The van der Waals surface area contributed by atoms with Gasteiger partial charge in [-0.3, -0.25) is 0 Å². The molecule has 266 valence electrons. The molecule has 0 spiro atoms. The zero-order valence-corrected chi connectivity index (χ0v) is 33.8. The Balaban J connectivity index is 0.00000650. The van der Waals surface area contributed by atoms with Crippen LogP contribution in [0.15, 0.2) is 91.0 Å². The second kappa shape index (κ2) is 20.4. The third kappa shape index (κ3) is 10.7. The highest BCUT2D eigenvalue weighted by atomic mass is 79.9. The Morgan fingerprint density at radius 3 is 1.39 bits per heavy atom. The Morgan fingerprint density at radius 1 is 0.551 bits per heavy atom. The van der Waals surface area contributed by atoms with E-state index in [1.165, 1.54) is 39.0 Å². The van der Waals surface area contributed by atoms with Crippen molar-refractivity contribution in [3.8, 4) is 11.5 Å². The van der Waals surface area contributed by atoms with E-state index in [1.807, 2.05) is 32.9 Å². The normalized spacial score (nSPS) is 11.7. The van der Waals surface area contributed by atoms with Gasteiger partial charge in [-0.15, -0.1) is 0 Å². The lowest BCUT2D eigenvalue weighted by Crippen LogP contribution is -3.00. The number of benzene rings is 4. The van der Waals surface area contributed by atoms with Gasteiger partial charge in [0.25, 0.3) is 0 Å². The van der Waals surface area contributed by atoms with Crippen LogP contribution in [-0.2, 0) is 13.3 Å². The van der Waals surface area contributed by atoms with E-state index in [-0.39, 0.29) is 22.7 Å². The van der Waals surface area contributed by atoms with E-state index in [4.69, 9.17) is 18.0 Å². The minimum absolute atomic E-state index is 0. The molecule has 1 N–H and O–H groups in total. The topological polar surface area (TPSA) is 57.2 Å². The summed E-state index contributed by atoms with van der Waals surface area (Å²) in [5.74, 6) is 1.09. The van der Waals surface area contributed by atoms with Crippen LogP contribution in [0.25, 0.3) is 0 Å². The standard InChI is InChI=1S/C41H55O5PSi.BrH/c1-7-44-48(45-8-2,46-9-3)31-15-13-11-10-12-14-30-43-40-29-22-36(42)32-41(40)47(37-23-16-33(4)17-24-37,38-25-18-34(5)19-26-38)39-27-20-35(6)21-28-39;/h16-29,32H,7-15,30-31H2,1-6H3;1H. The molecule has 0 aliphatic heterocycles. The molecule has 0 amide bonds. The molecule has 4 aromatic carbocycles. The summed E-state index contributed by atoms with van der Waals surface area (Å²) in [6.45, 7) is 14.9. The Hall–Kier alpha value is -2.51. The van der Waals surface area contributed by atoms with Crippen LogP contribution in [0.5, 0.6) is 11.5 Å². The van der Waals surface area contributed by atoms with Gasteiger partial charge in [-0.1, -0.05) is 78.8 Å². The molecule has 0 aliphatic carbocycles. The highest BCUT2D eigenvalue weighted by Crippen LogP contribution is 2.56. The van der Waals surface area contributed by atoms with Gasteiger partial charge >= 0.3 is 8.80 Å². The van der Waals surface area contributed by atoms with Gasteiger partial charge in [-0.25, -0.2) is 0 Å². The van der Waals surface area contributed by atoms with Gasteiger partial charge < -0.3 is 40.1 Å². The summed E-state index contributed by atoms with van der Waals surface area (Å²) in [5.41, 5.74) is 3.66. The van der Waals surface area contributed by atoms with Gasteiger partial charge in [-0.2, -0.15) is 0 Å². The van der Waals surface area contributed by atoms with Crippen LogP contribution >= 0.6 is 7.26 Å². The van der Waals surface area contributed by atoms with Crippen molar-refractivity contribution in [3.05, 3.63) is 108 Å². The molecule has 0 radical (unpaired) electrons. The average molecular weight is 768 g/mol. The monoisotopic (exact) mass is 766 g/mol. The number of phenols is 1. The second-order valence-electron chi connectivity index (χ2n) is 12.5. The van der Waals surface area contributed by atoms with Crippen LogP contribution in [0.1, 0.15) is 76.0 Å². The second-order valence-corrected chi connectivity index (χ2v) is 18.6. The maximum absolute atomic E-state index is 11.0.